The summed E-state index contributed by atoms with van der Waals surface area (Å²) >= 11 is 0. The smallest absolute Gasteiger partial charge is 0.125 e. The van der Waals surface area contributed by atoms with E-state index in [2.05, 4.69) is 0 Å². The summed E-state index contributed by atoms with van der Waals surface area (Å²) in [7, 11) is 0. The van der Waals surface area contributed by atoms with E-state index in [9.17, 15) is 5.11 Å². The highest BCUT2D eigenvalue weighted by atomic mass is 16.5. The Labute approximate surface area is 114 Å². The van der Waals surface area contributed by atoms with Gasteiger partial charge in [-0.05, 0) is 31.5 Å². The molecule has 19 heavy (non-hydrogen) atoms. The maximum absolute atomic E-state index is 10.4. The van der Waals surface area contributed by atoms with Crippen molar-refractivity contribution in [2.75, 3.05) is 6.61 Å². The quantitative estimate of drug-likeness (QED) is 0.884. The van der Waals surface area contributed by atoms with E-state index >= 15 is 0 Å². The normalized spacial score (nSPS) is 12.2. The van der Waals surface area contributed by atoms with Crippen molar-refractivity contribution in [1.82, 2.24) is 0 Å². The minimum atomic E-state index is -0.538. The Morgan fingerprint density at radius 1 is 1.11 bits per heavy atom. The molecule has 0 spiro atoms. The fourth-order valence-corrected chi connectivity index (χ4v) is 2.16. The SMILES string of the molecule is CCOc1ccc(C)cc1C(O)Cc1ccccc1. The molecule has 0 aromatic heterocycles. The van der Waals surface area contributed by atoms with Gasteiger partial charge >= 0.3 is 0 Å². The number of hydrogen-bond donors (Lipinski definition) is 1. The molecular weight excluding hydrogens is 236 g/mol. The average Bonchev–Trinajstić information content (AvgIpc) is 2.42. The fourth-order valence-electron chi connectivity index (χ4n) is 2.16. The predicted molar refractivity (Wildman–Crippen MR) is 77.5 cm³/mol. The molecule has 0 fully saturated rings. The van der Waals surface area contributed by atoms with Crippen LogP contribution < -0.4 is 4.74 Å². The van der Waals surface area contributed by atoms with Crippen LogP contribution in [0.4, 0.5) is 0 Å². The van der Waals surface area contributed by atoms with E-state index in [0.29, 0.717) is 13.0 Å². The van der Waals surface area contributed by atoms with Crippen molar-refractivity contribution in [3.63, 3.8) is 0 Å². The van der Waals surface area contributed by atoms with Gasteiger partial charge in [0, 0.05) is 12.0 Å². The largest absolute Gasteiger partial charge is 0.493 e. The van der Waals surface area contributed by atoms with Crippen LogP contribution in [0.3, 0.4) is 0 Å². The van der Waals surface area contributed by atoms with Gasteiger partial charge in [-0.15, -0.1) is 0 Å². The molecule has 0 aliphatic carbocycles. The van der Waals surface area contributed by atoms with Crippen LogP contribution in [0.2, 0.25) is 0 Å². The molecule has 0 bridgehead atoms. The van der Waals surface area contributed by atoms with E-state index < -0.39 is 6.10 Å². The molecule has 2 nitrogen and oxygen atoms in total. The fraction of sp³-hybridized carbons (Fsp3) is 0.294. The molecule has 0 aliphatic rings. The molecule has 2 aromatic carbocycles. The maximum Gasteiger partial charge on any atom is 0.125 e. The average molecular weight is 256 g/mol. The topological polar surface area (TPSA) is 29.5 Å². The van der Waals surface area contributed by atoms with E-state index in [4.69, 9.17) is 4.74 Å². The first-order chi connectivity index (χ1) is 9.20. The summed E-state index contributed by atoms with van der Waals surface area (Å²) in [5, 5.41) is 10.4. The number of aliphatic hydroxyl groups excluding tert-OH is 1. The van der Waals surface area contributed by atoms with E-state index in [1.807, 2.05) is 62.4 Å². The van der Waals surface area contributed by atoms with Crippen molar-refractivity contribution < 1.29 is 9.84 Å². The molecule has 2 rings (SSSR count). The summed E-state index contributed by atoms with van der Waals surface area (Å²) in [6, 6.07) is 15.9. The van der Waals surface area contributed by atoms with E-state index in [1.165, 1.54) is 0 Å². The predicted octanol–water partition coefficient (Wildman–Crippen LogP) is 3.67. The standard InChI is InChI=1S/C17H20O2/c1-3-19-17-10-9-13(2)11-15(17)16(18)12-14-7-5-4-6-8-14/h4-11,16,18H,3,12H2,1-2H3. The highest BCUT2D eigenvalue weighted by Crippen LogP contribution is 2.28. The Morgan fingerprint density at radius 3 is 2.53 bits per heavy atom. The van der Waals surface area contributed by atoms with Crippen LogP contribution in [0, 0.1) is 6.92 Å². The van der Waals surface area contributed by atoms with Gasteiger partial charge in [-0.25, -0.2) is 0 Å². The summed E-state index contributed by atoms with van der Waals surface area (Å²) < 4.78 is 5.59. The molecule has 0 heterocycles. The summed E-state index contributed by atoms with van der Waals surface area (Å²) in [5.41, 5.74) is 3.12. The summed E-state index contributed by atoms with van der Waals surface area (Å²) in [4.78, 5) is 0. The van der Waals surface area contributed by atoms with E-state index in [0.717, 1.165) is 22.4 Å². The van der Waals surface area contributed by atoms with Crippen LogP contribution in [0.1, 0.15) is 29.7 Å². The second kappa shape index (κ2) is 6.39. The first-order valence-electron chi connectivity index (χ1n) is 6.66. The van der Waals surface area contributed by atoms with Gasteiger partial charge in [-0.3, -0.25) is 0 Å². The third-order valence-corrected chi connectivity index (χ3v) is 3.10. The zero-order valence-corrected chi connectivity index (χ0v) is 11.5. The van der Waals surface area contributed by atoms with Gasteiger partial charge in [0.25, 0.3) is 0 Å². The highest BCUT2D eigenvalue weighted by Gasteiger charge is 2.14. The number of aliphatic hydroxyl groups is 1. The molecular formula is C17H20O2. The van der Waals surface area contributed by atoms with Crippen molar-refractivity contribution in [2.24, 2.45) is 0 Å². The minimum Gasteiger partial charge on any atom is -0.493 e. The van der Waals surface area contributed by atoms with Gasteiger partial charge < -0.3 is 9.84 Å². The highest BCUT2D eigenvalue weighted by molar-refractivity contribution is 5.39. The molecule has 0 radical (unpaired) electrons. The lowest BCUT2D eigenvalue weighted by atomic mass is 9.99. The lowest BCUT2D eigenvalue weighted by Crippen LogP contribution is -2.06. The second-order valence-corrected chi connectivity index (χ2v) is 4.68. The van der Waals surface area contributed by atoms with Gasteiger partial charge in [0.15, 0.2) is 0 Å². The van der Waals surface area contributed by atoms with Gasteiger partial charge in [-0.2, -0.15) is 0 Å². The van der Waals surface area contributed by atoms with Crippen molar-refractivity contribution in [3.05, 3.63) is 65.2 Å². The molecule has 1 atom stereocenters. The zero-order valence-electron chi connectivity index (χ0n) is 11.5. The Kier molecular flexibility index (Phi) is 4.58. The molecule has 0 aliphatic heterocycles. The third kappa shape index (κ3) is 3.58. The zero-order chi connectivity index (χ0) is 13.7. The van der Waals surface area contributed by atoms with Gasteiger partial charge in [0.2, 0.25) is 0 Å². The monoisotopic (exact) mass is 256 g/mol. The summed E-state index contributed by atoms with van der Waals surface area (Å²) in [6.07, 6.45) is 0.0635. The molecule has 2 heteroatoms. The van der Waals surface area contributed by atoms with E-state index in [-0.39, 0.29) is 0 Å². The van der Waals surface area contributed by atoms with E-state index in [1.54, 1.807) is 0 Å². The Morgan fingerprint density at radius 2 is 1.84 bits per heavy atom. The third-order valence-electron chi connectivity index (χ3n) is 3.10. The first-order valence-corrected chi connectivity index (χ1v) is 6.66. The molecule has 2 aromatic rings. The van der Waals surface area contributed by atoms with Crippen LogP contribution in [0.5, 0.6) is 5.75 Å². The lowest BCUT2D eigenvalue weighted by Gasteiger charge is -2.16. The maximum atomic E-state index is 10.4. The summed E-state index contributed by atoms with van der Waals surface area (Å²) in [6.45, 7) is 4.58. The number of benzene rings is 2. The van der Waals surface area contributed by atoms with Gasteiger partial charge in [0.1, 0.15) is 5.75 Å². The van der Waals surface area contributed by atoms with Gasteiger partial charge in [0.05, 0.1) is 12.7 Å². The van der Waals surface area contributed by atoms with Crippen LogP contribution in [-0.4, -0.2) is 11.7 Å². The Balaban J connectivity index is 2.22. The molecule has 1 N–H and O–H groups in total. The van der Waals surface area contributed by atoms with Crippen molar-refractivity contribution in [2.45, 2.75) is 26.4 Å². The Bertz CT molecular complexity index is 520. The number of hydrogen-bond acceptors (Lipinski definition) is 2. The minimum absolute atomic E-state index is 0.538. The summed E-state index contributed by atoms with van der Waals surface area (Å²) in [5.74, 6) is 0.775. The van der Waals surface area contributed by atoms with Crippen LogP contribution in [0.25, 0.3) is 0 Å². The molecule has 1 unspecified atom stereocenters. The first kappa shape index (κ1) is 13.6. The second-order valence-electron chi connectivity index (χ2n) is 4.68. The lowest BCUT2D eigenvalue weighted by molar-refractivity contribution is 0.172. The number of ether oxygens (including phenoxy) is 1. The molecule has 0 saturated carbocycles. The van der Waals surface area contributed by atoms with Crippen LogP contribution in [-0.2, 0) is 6.42 Å². The number of aryl methyl sites for hydroxylation is 1. The number of rotatable bonds is 5. The Hall–Kier alpha value is -1.80. The van der Waals surface area contributed by atoms with Crippen LogP contribution >= 0.6 is 0 Å². The van der Waals surface area contributed by atoms with Crippen LogP contribution in [0.15, 0.2) is 48.5 Å². The van der Waals surface area contributed by atoms with Crippen molar-refractivity contribution in [3.8, 4) is 5.75 Å². The molecule has 100 valence electrons. The molecule has 0 saturated heterocycles. The molecule has 0 amide bonds. The van der Waals surface area contributed by atoms with Gasteiger partial charge in [-0.1, -0.05) is 42.0 Å². The van der Waals surface area contributed by atoms with Crippen molar-refractivity contribution >= 4 is 0 Å². The van der Waals surface area contributed by atoms with Crippen molar-refractivity contribution in [1.29, 1.82) is 0 Å².